The first-order valence-electron chi connectivity index (χ1n) is 5.47. The van der Waals surface area contributed by atoms with Crippen molar-refractivity contribution in [3.63, 3.8) is 0 Å². The van der Waals surface area contributed by atoms with Crippen LogP contribution in [0, 0.1) is 10.1 Å². The van der Waals surface area contributed by atoms with E-state index in [9.17, 15) is 23.3 Å². The molecule has 0 spiro atoms. The molecule has 1 aromatic heterocycles. The van der Waals surface area contributed by atoms with Crippen LogP contribution >= 0.6 is 0 Å². The zero-order valence-corrected chi connectivity index (χ0v) is 11.4. The Hall–Kier alpha value is -2.75. The molecular weight excluding hydrogens is 302 g/mol. The molecule has 0 saturated heterocycles. The van der Waals surface area contributed by atoms with Crippen molar-refractivity contribution in [3.05, 3.63) is 46.3 Å². The minimum atomic E-state index is -3.59. The van der Waals surface area contributed by atoms with Crippen molar-refractivity contribution in [2.45, 2.75) is 4.90 Å². The molecule has 10 heteroatoms. The lowest BCUT2D eigenvalue weighted by molar-refractivity contribution is -0.384. The van der Waals surface area contributed by atoms with Gasteiger partial charge < -0.3 is 5.11 Å². The number of rotatable bonds is 4. The molecule has 0 aliphatic rings. The first kappa shape index (κ1) is 14.7. The fraction of sp³-hybridized carbons (Fsp3) is 0.0909. The number of hydrogen-bond donors (Lipinski definition) is 1. The minimum absolute atomic E-state index is 0.0279. The summed E-state index contributed by atoms with van der Waals surface area (Å²) in [7, 11) is -3.59. The molecule has 110 valence electrons. The van der Waals surface area contributed by atoms with Gasteiger partial charge in [0, 0.05) is 18.5 Å². The molecule has 0 aliphatic heterocycles. The van der Waals surface area contributed by atoms with Gasteiger partial charge in [0.25, 0.3) is 5.69 Å². The van der Waals surface area contributed by atoms with E-state index in [-0.39, 0.29) is 16.1 Å². The molecule has 0 saturated carbocycles. The molecule has 0 unspecified atom stereocenters. The quantitative estimate of drug-likeness (QED) is 0.654. The lowest BCUT2D eigenvalue weighted by atomic mass is 10.2. The Bertz CT molecular complexity index is 839. The van der Waals surface area contributed by atoms with E-state index >= 15 is 0 Å². The summed E-state index contributed by atoms with van der Waals surface area (Å²) < 4.78 is 23.9. The molecule has 2 aromatic rings. The molecule has 1 heterocycles. The van der Waals surface area contributed by atoms with Crippen LogP contribution in [-0.2, 0) is 9.84 Å². The number of nitrogens with zero attached hydrogens (tertiary/aromatic N) is 3. The second-order valence-electron chi connectivity index (χ2n) is 4.16. The molecule has 1 N–H and O–H groups in total. The van der Waals surface area contributed by atoms with E-state index in [4.69, 9.17) is 5.11 Å². The van der Waals surface area contributed by atoms with Crippen molar-refractivity contribution in [3.8, 4) is 5.69 Å². The van der Waals surface area contributed by atoms with Gasteiger partial charge in [-0.2, -0.15) is 5.10 Å². The minimum Gasteiger partial charge on any atom is -0.478 e. The Kier molecular flexibility index (Phi) is 3.47. The number of hydrogen-bond acceptors (Lipinski definition) is 6. The largest absolute Gasteiger partial charge is 0.478 e. The zero-order valence-electron chi connectivity index (χ0n) is 10.6. The van der Waals surface area contributed by atoms with Crippen LogP contribution < -0.4 is 0 Å². The number of aromatic nitrogens is 2. The molecular formula is C11H9N3O6S. The SMILES string of the molecule is CS(=O)(=O)c1ccc(-n2cc(C(=O)O)cn2)c([N+](=O)[O-])c1. The van der Waals surface area contributed by atoms with E-state index in [1.165, 1.54) is 12.1 Å². The number of carboxylic acids is 1. The predicted molar refractivity (Wildman–Crippen MR) is 70.3 cm³/mol. The maximum atomic E-state index is 11.4. The van der Waals surface area contributed by atoms with Gasteiger partial charge in [0.15, 0.2) is 9.84 Å². The lowest BCUT2D eigenvalue weighted by Gasteiger charge is -2.04. The van der Waals surface area contributed by atoms with Crippen LogP contribution in [0.4, 0.5) is 5.69 Å². The van der Waals surface area contributed by atoms with Crippen molar-refractivity contribution < 1.29 is 23.2 Å². The van der Waals surface area contributed by atoms with Crippen molar-refractivity contribution in [2.75, 3.05) is 6.26 Å². The summed E-state index contributed by atoms with van der Waals surface area (Å²) in [5.74, 6) is -1.23. The highest BCUT2D eigenvalue weighted by Crippen LogP contribution is 2.26. The van der Waals surface area contributed by atoms with Crippen molar-refractivity contribution in [1.82, 2.24) is 9.78 Å². The summed E-state index contributed by atoms with van der Waals surface area (Å²) in [5, 5.41) is 23.6. The molecule has 0 atom stereocenters. The van der Waals surface area contributed by atoms with E-state index < -0.39 is 26.4 Å². The maximum absolute atomic E-state index is 11.4. The van der Waals surface area contributed by atoms with Gasteiger partial charge >= 0.3 is 5.97 Å². The molecule has 2 rings (SSSR count). The summed E-state index contributed by atoms with van der Waals surface area (Å²) in [4.78, 5) is 20.9. The molecule has 9 nitrogen and oxygen atoms in total. The smallest absolute Gasteiger partial charge is 0.338 e. The Balaban J connectivity index is 2.63. The second-order valence-corrected chi connectivity index (χ2v) is 6.17. The van der Waals surface area contributed by atoms with Gasteiger partial charge in [-0.25, -0.2) is 17.9 Å². The number of nitro benzene ring substituents is 1. The standard InChI is InChI=1S/C11H9N3O6S/c1-21(19,20)8-2-3-9(10(4-8)14(17)18)13-6-7(5-12-13)11(15)16/h2-6H,1H3,(H,15,16). The Labute approximate surface area is 118 Å². The number of carboxylic acid groups (broad SMARTS) is 1. The Morgan fingerprint density at radius 1 is 1.43 bits per heavy atom. The van der Waals surface area contributed by atoms with Crippen LogP contribution in [0.2, 0.25) is 0 Å². The van der Waals surface area contributed by atoms with Gasteiger partial charge in [-0.05, 0) is 12.1 Å². The number of nitro groups is 1. The highest BCUT2D eigenvalue weighted by molar-refractivity contribution is 7.90. The summed E-state index contributed by atoms with van der Waals surface area (Å²) in [6, 6.07) is 3.31. The van der Waals surface area contributed by atoms with Gasteiger partial charge in [0.05, 0.1) is 21.6 Å². The predicted octanol–water partition coefficient (Wildman–Crippen LogP) is 0.882. The van der Waals surface area contributed by atoms with Crippen LogP contribution in [0.5, 0.6) is 0 Å². The van der Waals surface area contributed by atoms with E-state index in [1.54, 1.807) is 0 Å². The van der Waals surface area contributed by atoms with E-state index in [2.05, 4.69) is 5.10 Å². The van der Waals surface area contributed by atoms with Crippen LogP contribution in [0.1, 0.15) is 10.4 Å². The van der Waals surface area contributed by atoms with Crippen LogP contribution in [-0.4, -0.2) is 40.5 Å². The fourth-order valence-corrected chi connectivity index (χ4v) is 2.28. The topological polar surface area (TPSA) is 132 Å². The number of sulfone groups is 1. The second kappa shape index (κ2) is 4.98. The zero-order chi connectivity index (χ0) is 15.8. The number of carbonyl (C=O) groups is 1. The van der Waals surface area contributed by atoms with Crippen molar-refractivity contribution in [2.24, 2.45) is 0 Å². The first-order valence-corrected chi connectivity index (χ1v) is 7.36. The normalized spacial score (nSPS) is 11.3. The molecule has 0 amide bonds. The first-order chi connectivity index (χ1) is 9.70. The van der Waals surface area contributed by atoms with Gasteiger partial charge in [-0.15, -0.1) is 0 Å². The number of benzene rings is 1. The maximum Gasteiger partial charge on any atom is 0.338 e. The molecule has 1 aromatic carbocycles. The monoisotopic (exact) mass is 311 g/mol. The molecule has 0 bridgehead atoms. The van der Waals surface area contributed by atoms with Gasteiger partial charge in [-0.1, -0.05) is 0 Å². The van der Waals surface area contributed by atoms with Gasteiger partial charge in [0.1, 0.15) is 5.69 Å². The Morgan fingerprint density at radius 3 is 2.57 bits per heavy atom. The Morgan fingerprint density at radius 2 is 2.10 bits per heavy atom. The molecule has 21 heavy (non-hydrogen) atoms. The third-order valence-electron chi connectivity index (χ3n) is 2.65. The average molecular weight is 311 g/mol. The summed E-state index contributed by atoms with van der Waals surface area (Å²) in [6.45, 7) is 0. The van der Waals surface area contributed by atoms with Gasteiger partial charge in [-0.3, -0.25) is 10.1 Å². The third kappa shape index (κ3) is 2.89. The molecule has 0 radical (unpaired) electrons. The highest BCUT2D eigenvalue weighted by atomic mass is 32.2. The van der Waals surface area contributed by atoms with Crippen LogP contribution in [0.25, 0.3) is 5.69 Å². The third-order valence-corrected chi connectivity index (χ3v) is 3.76. The van der Waals surface area contributed by atoms with E-state index in [0.717, 1.165) is 29.4 Å². The van der Waals surface area contributed by atoms with E-state index in [1.807, 2.05) is 0 Å². The summed E-state index contributed by atoms with van der Waals surface area (Å²) >= 11 is 0. The summed E-state index contributed by atoms with van der Waals surface area (Å²) in [6.07, 6.45) is 3.07. The van der Waals surface area contributed by atoms with Crippen molar-refractivity contribution >= 4 is 21.5 Å². The molecule has 0 aliphatic carbocycles. The molecule has 0 fully saturated rings. The van der Waals surface area contributed by atoms with Gasteiger partial charge in [0.2, 0.25) is 0 Å². The average Bonchev–Trinajstić information content (AvgIpc) is 2.86. The lowest BCUT2D eigenvalue weighted by Crippen LogP contribution is -2.04. The van der Waals surface area contributed by atoms with E-state index in [0.29, 0.717) is 0 Å². The summed E-state index contributed by atoms with van der Waals surface area (Å²) in [5.41, 5.74) is -0.658. The van der Waals surface area contributed by atoms with Crippen LogP contribution in [0.3, 0.4) is 0 Å². The van der Waals surface area contributed by atoms with Crippen molar-refractivity contribution in [1.29, 1.82) is 0 Å². The number of aromatic carboxylic acids is 1. The highest BCUT2D eigenvalue weighted by Gasteiger charge is 2.21. The fourth-order valence-electron chi connectivity index (χ4n) is 1.64. The van der Waals surface area contributed by atoms with Crippen LogP contribution in [0.15, 0.2) is 35.5 Å².